The number of carbonyl (C=O) groups is 1. The first kappa shape index (κ1) is 20.6. The lowest BCUT2D eigenvalue weighted by molar-refractivity contribution is 0.0906. The van der Waals surface area contributed by atoms with E-state index in [0.717, 1.165) is 36.2 Å². The second kappa shape index (κ2) is 8.94. The Kier molecular flexibility index (Phi) is 6.59. The van der Waals surface area contributed by atoms with Crippen LogP contribution in [0.3, 0.4) is 0 Å². The molecule has 0 radical (unpaired) electrons. The van der Waals surface area contributed by atoms with E-state index in [4.69, 9.17) is 8.83 Å². The summed E-state index contributed by atoms with van der Waals surface area (Å²) in [5, 5.41) is 3.33. The number of hydrogen-bond acceptors (Lipinski definition) is 5. The number of fused-ring (bicyclic) bond motifs is 1. The Labute approximate surface area is 176 Å². The van der Waals surface area contributed by atoms with Gasteiger partial charge in [0.2, 0.25) is 0 Å². The quantitative estimate of drug-likeness (QED) is 0.610. The minimum Gasteiger partial charge on any atom is -0.468 e. The van der Waals surface area contributed by atoms with Gasteiger partial charge in [-0.3, -0.25) is 14.5 Å². The molecule has 0 spiro atoms. The Morgan fingerprint density at radius 3 is 2.71 bits per heavy atom. The third kappa shape index (κ3) is 4.32. The van der Waals surface area contributed by atoms with Gasteiger partial charge in [-0.15, -0.1) is 12.4 Å². The van der Waals surface area contributed by atoms with E-state index in [1.54, 1.807) is 24.5 Å². The molecular weight excluding hydrogens is 448 g/mol. The fourth-order valence-corrected chi connectivity index (χ4v) is 3.80. The van der Waals surface area contributed by atoms with Crippen LogP contribution in [0.25, 0.3) is 11.0 Å². The summed E-state index contributed by atoms with van der Waals surface area (Å²) in [6.07, 6.45) is 3.92. The molecule has 3 aromatic rings. The van der Waals surface area contributed by atoms with Crippen LogP contribution >= 0.6 is 28.3 Å². The van der Waals surface area contributed by atoms with Gasteiger partial charge in [-0.05, 0) is 56.3 Å². The third-order valence-corrected chi connectivity index (χ3v) is 5.32. The summed E-state index contributed by atoms with van der Waals surface area (Å²) in [4.78, 5) is 27.2. The van der Waals surface area contributed by atoms with Crippen LogP contribution in [-0.4, -0.2) is 30.4 Å². The molecule has 1 fully saturated rings. The normalized spacial score (nSPS) is 15.3. The van der Waals surface area contributed by atoms with Crippen LogP contribution in [0.2, 0.25) is 0 Å². The molecule has 6 nitrogen and oxygen atoms in total. The van der Waals surface area contributed by atoms with Crippen LogP contribution in [0.15, 0.2) is 60.8 Å². The van der Waals surface area contributed by atoms with Gasteiger partial charge in [0.25, 0.3) is 5.91 Å². The molecule has 0 saturated carbocycles. The van der Waals surface area contributed by atoms with Crippen LogP contribution < -0.4 is 10.7 Å². The lowest BCUT2D eigenvalue weighted by Gasteiger charge is -2.25. The highest BCUT2D eigenvalue weighted by Crippen LogP contribution is 2.25. The van der Waals surface area contributed by atoms with Gasteiger partial charge < -0.3 is 14.2 Å². The van der Waals surface area contributed by atoms with Gasteiger partial charge in [0, 0.05) is 17.1 Å². The van der Waals surface area contributed by atoms with E-state index < -0.39 is 5.91 Å². The third-order valence-electron chi connectivity index (χ3n) is 4.82. The van der Waals surface area contributed by atoms with Crippen molar-refractivity contribution in [2.24, 2.45) is 0 Å². The minimum absolute atomic E-state index is 0. The Morgan fingerprint density at radius 2 is 2.00 bits per heavy atom. The molecular formula is C20H20BrClN2O4. The zero-order valence-corrected chi connectivity index (χ0v) is 17.4. The topological polar surface area (TPSA) is 75.7 Å². The second-order valence-corrected chi connectivity index (χ2v) is 7.52. The number of furan rings is 1. The number of likely N-dealkylation sites (tertiary alicyclic amines) is 1. The highest BCUT2D eigenvalue weighted by Gasteiger charge is 2.26. The van der Waals surface area contributed by atoms with E-state index in [0.29, 0.717) is 17.5 Å². The van der Waals surface area contributed by atoms with Gasteiger partial charge in [0.1, 0.15) is 11.3 Å². The lowest BCUT2D eigenvalue weighted by Crippen LogP contribution is -2.36. The maximum atomic E-state index is 12.6. The van der Waals surface area contributed by atoms with E-state index in [2.05, 4.69) is 26.1 Å². The van der Waals surface area contributed by atoms with E-state index in [1.807, 2.05) is 12.1 Å². The molecule has 0 aliphatic carbocycles. The molecule has 1 aliphatic heterocycles. The van der Waals surface area contributed by atoms with Crippen molar-refractivity contribution in [3.63, 3.8) is 0 Å². The predicted molar refractivity (Wildman–Crippen MR) is 112 cm³/mol. The first-order valence-electron chi connectivity index (χ1n) is 8.91. The summed E-state index contributed by atoms with van der Waals surface area (Å²) in [6.45, 7) is 2.33. The number of benzene rings is 1. The largest absolute Gasteiger partial charge is 0.468 e. The number of nitrogens with one attached hydrogen (secondary N) is 1. The molecule has 1 N–H and O–H groups in total. The van der Waals surface area contributed by atoms with Crippen LogP contribution in [0, 0.1) is 0 Å². The predicted octanol–water partition coefficient (Wildman–Crippen LogP) is 4.14. The number of carbonyl (C=O) groups excluding carboxylic acids is 1. The van der Waals surface area contributed by atoms with Crippen LogP contribution in [0.5, 0.6) is 0 Å². The summed E-state index contributed by atoms with van der Waals surface area (Å²) < 4.78 is 12.0. The zero-order valence-electron chi connectivity index (χ0n) is 15.0. The van der Waals surface area contributed by atoms with Gasteiger partial charge in [-0.25, -0.2) is 0 Å². The van der Waals surface area contributed by atoms with Crippen molar-refractivity contribution in [2.75, 3.05) is 19.6 Å². The van der Waals surface area contributed by atoms with E-state index in [9.17, 15) is 9.59 Å². The molecule has 1 saturated heterocycles. The van der Waals surface area contributed by atoms with Crippen LogP contribution in [0.4, 0.5) is 0 Å². The van der Waals surface area contributed by atoms with Gasteiger partial charge in [-0.2, -0.15) is 0 Å². The molecule has 1 unspecified atom stereocenters. The van der Waals surface area contributed by atoms with Crippen molar-refractivity contribution in [2.45, 2.75) is 18.9 Å². The second-order valence-electron chi connectivity index (χ2n) is 6.60. The molecule has 3 heterocycles. The van der Waals surface area contributed by atoms with Gasteiger partial charge >= 0.3 is 0 Å². The number of amides is 1. The molecule has 0 bridgehead atoms. The number of halogens is 2. The summed E-state index contributed by atoms with van der Waals surface area (Å²) in [5.74, 6) is 0.413. The maximum absolute atomic E-state index is 12.6. The average molecular weight is 468 g/mol. The fourth-order valence-electron chi connectivity index (χ4n) is 3.46. The molecule has 1 aliphatic rings. The van der Waals surface area contributed by atoms with Crippen molar-refractivity contribution in [1.29, 1.82) is 0 Å². The van der Waals surface area contributed by atoms with Gasteiger partial charge in [0.05, 0.1) is 17.7 Å². The highest BCUT2D eigenvalue weighted by atomic mass is 79.9. The Morgan fingerprint density at radius 1 is 1.21 bits per heavy atom. The monoisotopic (exact) mass is 466 g/mol. The Hall–Kier alpha value is -2.09. The molecule has 1 atom stereocenters. The van der Waals surface area contributed by atoms with Crippen molar-refractivity contribution in [3.8, 4) is 0 Å². The first-order chi connectivity index (χ1) is 13.1. The molecule has 2 aromatic heterocycles. The molecule has 148 valence electrons. The number of hydrogen-bond donors (Lipinski definition) is 1. The molecule has 1 aromatic carbocycles. The Bertz CT molecular complexity index is 1010. The van der Waals surface area contributed by atoms with Gasteiger partial charge in [0.15, 0.2) is 11.2 Å². The summed E-state index contributed by atoms with van der Waals surface area (Å²) >= 11 is 3.35. The summed E-state index contributed by atoms with van der Waals surface area (Å²) in [7, 11) is 0. The minimum atomic E-state index is -0.412. The standard InChI is InChI=1S/C20H19BrN2O4.ClH/c21-13-5-6-14-16(24)11-19(27-18(14)10-13)20(25)22-12-15(17-4-3-9-26-17)23-7-1-2-8-23;/h3-6,9-11,15H,1-2,7-8,12H2,(H,22,25);1H. The molecule has 28 heavy (non-hydrogen) atoms. The van der Waals surface area contributed by atoms with Crippen molar-refractivity contribution >= 4 is 45.2 Å². The van der Waals surface area contributed by atoms with Crippen LogP contribution in [-0.2, 0) is 0 Å². The van der Waals surface area contributed by atoms with Crippen molar-refractivity contribution < 1.29 is 13.6 Å². The molecule has 8 heteroatoms. The first-order valence-corrected chi connectivity index (χ1v) is 9.70. The average Bonchev–Trinajstić information content (AvgIpc) is 3.35. The van der Waals surface area contributed by atoms with E-state index in [-0.39, 0.29) is 29.6 Å². The Balaban J connectivity index is 0.00000225. The highest BCUT2D eigenvalue weighted by molar-refractivity contribution is 9.10. The zero-order chi connectivity index (χ0) is 18.8. The van der Waals surface area contributed by atoms with Gasteiger partial charge in [-0.1, -0.05) is 15.9 Å². The maximum Gasteiger partial charge on any atom is 0.287 e. The van der Waals surface area contributed by atoms with Crippen molar-refractivity contribution in [1.82, 2.24) is 10.2 Å². The lowest BCUT2D eigenvalue weighted by atomic mass is 10.2. The fraction of sp³-hybridized carbons (Fsp3) is 0.300. The molecule has 4 rings (SSSR count). The smallest absolute Gasteiger partial charge is 0.287 e. The summed E-state index contributed by atoms with van der Waals surface area (Å²) in [5.41, 5.74) is 0.139. The SMILES string of the molecule is Cl.O=C(NCC(c1ccco1)N1CCCC1)c1cc(=O)c2ccc(Br)cc2o1. The van der Waals surface area contributed by atoms with E-state index >= 15 is 0 Å². The van der Waals surface area contributed by atoms with Crippen LogP contribution in [0.1, 0.15) is 35.2 Å². The summed E-state index contributed by atoms with van der Waals surface area (Å²) in [6, 6.07) is 10.1. The molecule has 1 amide bonds. The van der Waals surface area contributed by atoms with Crippen molar-refractivity contribution in [3.05, 3.63) is 68.9 Å². The number of nitrogens with zero attached hydrogens (tertiary/aromatic N) is 1. The van der Waals surface area contributed by atoms with E-state index in [1.165, 1.54) is 6.07 Å². The number of rotatable bonds is 5.